The summed E-state index contributed by atoms with van der Waals surface area (Å²) in [6.45, 7) is 1.80. The van der Waals surface area contributed by atoms with Crippen molar-refractivity contribution in [2.45, 2.75) is 19.4 Å². The predicted molar refractivity (Wildman–Crippen MR) is 66.3 cm³/mol. The second kappa shape index (κ2) is 4.87. The molecule has 0 unspecified atom stereocenters. The van der Waals surface area contributed by atoms with Crippen LogP contribution in [0.1, 0.15) is 13.3 Å². The zero-order valence-corrected chi connectivity index (χ0v) is 9.59. The number of hydrogen-bond donors (Lipinski definition) is 1. The Kier molecular flexibility index (Phi) is 3.28. The zero-order chi connectivity index (χ0) is 12.3. The van der Waals surface area contributed by atoms with E-state index < -0.39 is 12.1 Å². The second-order valence-electron chi connectivity index (χ2n) is 3.83. The van der Waals surface area contributed by atoms with Crippen LogP contribution in [-0.4, -0.2) is 17.2 Å². The highest BCUT2D eigenvalue weighted by atomic mass is 16.5. The average molecular weight is 230 g/mol. The minimum absolute atomic E-state index is 0.443. The third kappa shape index (κ3) is 2.38. The molecule has 0 aliphatic carbocycles. The van der Waals surface area contributed by atoms with Gasteiger partial charge in [0.2, 0.25) is 0 Å². The Hall–Kier alpha value is -2.03. The van der Waals surface area contributed by atoms with Crippen molar-refractivity contribution in [3.8, 4) is 5.75 Å². The van der Waals surface area contributed by atoms with Crippen molar-refractivity contribution >= 4 is 16.7 Å². The van der Waals surface area contributed by atoms with E-state index >= 15 is 0 Å². The van der Waals surface area contributed by atoms with Gasteiger partial charge in [0, 0.05) is 5.39 Å². The van der Waals surface area contributed by atoms with Gasteiger partial charge in [0.1, 0.15) is 5.75 Å². The number of benzene rings is 2. The minimum atomic E-state index is -0.930. The highest BCUT2D eigenvalue weighted by molar-refractivity contribution is 5.88. The van der Waals surface area contributed by atoms with Crippen LogP contribution in [0, 0.1) is 0 Å². The summed E-state index contributed by atoms with van der Waals surface area (Å²) < 4.78 is 5.54. The van der Waals surface area contributed by atoms with Crippen molar-refractivity contribution < 1.29 is 14.6 Å². The molecule has 0 spiro atoms. The number of hydrogen-bond acceptors (Lipinski definition) is 2. The number of aliphatic carboxylic acids is 1. The van der Waals surface area contributed by atoms with E-state index in [1.165, 1.54) is 0 Å². The van der Waals surface area contributed by atoms with Gasteiger partial charge in [0.15, 0.2) is 6.10 Å². The number of ether oxygens (including phenoxy) is 1. The molecule has 0 saturated carbocycles. The van der Waals surface area contributed by atoms with E-state index in [0.717, 1.165) is 10.8 Å². The van der Waals surface area contributed by atoms with Gasteiger partial charge >= 0.3 is 5.97 Å². The molecule has 0 bridgehead atoms. The van der Waals surface area contributed by atoms with Crippen molar-refractivity contribution in [2.75, 3.05) is 0 Å². The van der Waals surface area contributed by atoms with Crippen molar-refractivity contribution in [1.82, 2.24) is 0 Å². The van der Waals surface area contributed by atoms with Crippen LogP contribution in [0.4, 0.5) is 0 Å². The summed E-state index contributed by atoms with van der Waals surface area (Å²) in [5, 5.41) is 11.0. The van der Waals surface area contributed by atoms with E-state index in [-0.39, 0.29) is 0 Å². The van der Waals surface area contributed by atoms with E-state index in [9.17, 15) is 4.79 Å². The van der Waals surface area contributed by atoms with Crippen molar-refractivity contribution in [2.24, 2.45) is 0 Å². The molecule has 0 aliphatic heterocycles. The van der Waals surface area contributed by atoms with Crippen molar-refractivity contribution in [3.05, 3.63) is 42.5 Å². The topological polar surface area (TPSA) is 46.5 Å². The normalized spacial score (nSPS) is 12.3. The fourth-order valence-electron chi connectivity index (χ4n) is 1.76. The van der Waals surface area contributed by atoms with Gasteiger partial charge in [-0.15, -0.1) is 0 Å². The molecule has 2 aromatic carbocycles. The number of fused-ring (bicyclic) bond motifs is 1. The van der Waals surface area contributed by atoms with Gasteiger partial charge in [-0.2, -0.15) is 0 Å². The van der Waals surface area contributed by atoms with Crippen LogP contribution in [0.25, 0.3) is 10.8 Å². The minimum Gasteiger partial charge on any atom is -0.479 e. The Morgan fingerprint density at radius 2 is 1.94 bits per heavy atom. The highest BCUT2D eigenvalue weighted by Crippen LogP contribution is 2.26. The summed E-state index contributed by atoms with van der Waals surface area (Å²) in [6, 6.07) is 13.4. The quantitative estimate of drug-likeness (QED) is 0.877. The van der Waals surface area contributed by atoms with Gasteiger partial charge in [-0.3, -0.25) is 0 Å². The largest absolute Gasteiger partial charge is 0.479 e. The molecule has 1 atom stereocenters. The lowest BCUT2D eigenvalue weighted by atomic mass is 10.1. The maximum atomic E-state index is 10.9. The molecule has 1 N–H and O–H groups in total. The molecule has 88 valence electrons. The number of rotatable bonds is 4. The summed E-state index contributed by atoms with van der Waals surface area (Å²) in [5.41, 5.74) is 0. The van der Waals surface area contributed by atoms with E-state index in [0.29, 0.717) is 12.2 Å². The Morgan fingerprint density at radius 1 is 1.24 bits per heavy atom. The molecule has 2 aromatic rings. The van der Waals surface area contributed by atoms with Crippen LogP contribution in [0.15, 0.2) is 42.5 Å². The monoisotopic (exact) mass is 230 g/mol. The van der Waals surface area contributed by atoms with Crippen LogP contribution in [0.2, 0.25) is 0 Å². The average Bonchev–Trinajstić information content (AvgIpc) is 2.35. The number of carboxylic acid groups (broad SMARTS) is 1. The third-order valence-electron chi connectivity index (χ3n) is 2.67. The first kappa shape index (κ1) is 11.5. The van der Waals surface area contributed by atoms with Gasteiger partial charge in [0.25, 0.3) is 0 Å². The van der Waals surface area contributed by atoms with E-state index in [4.69, 9.17) is 9.84 Å². The van der Waals surface area contributed by atoms with Gasteiger partial charge in [-0.05, 0) is 17.9 Å². The molecule has 3 heteroatoms. The molecule has 2 rings (SSSR count). The molecule has 3 nitrogen and oxygen atoms in total. The van der Waals surface area contributed by atoms with E-state index in [1.54, 1.807) is 13.0 Å². The molecule has 0 aromatic heterocycles. The fraction of sp³-hybridized carbons (Fsp3) is 0.214. The van der Waals surface area contributed by atoms with Crippen LogP contribution < -0.4 is 4.74 Å². The Balaban J connectivity index is 2.38. The van der Waals surface area contributed by atoms with Crippen molar-refractivity contribution in [3.63, 3.8) is 0 Å². The summed E-state index contributed by atoms with van der Waals surface area (Å²) in [7, 11) is 0. The predicted octanol–water partition coefficient (Wildman–Crippen LogP) is 3.08. The fourth-order valence-corrected chi connectivity index (χ4v) is 1.76. The smallest absolute Gasteiger partial charge is 0.344 e. The Morgan fingerprint density at radius 3 is 2.65 bits per heavy atom. The molecule has 17 heavy (non-hydrogen) atoms. The third-order valence-corrected chi connectivity index (χ3v) is 2.67. The molecule has 0 amide bonds. The lowest BCUT2D eigenvalue weighted by Gasteiger charge is -2.14. The van der Waals surface area contributed by atoms with Crippen LogP contribution in [0.5, 0.6) is 5.75 Å². The van der Waals surface area contributed by atoms with Crippen LogP contribution in [0.3, 0.4) is 0 Å². The summed E-state index contributed by atoms with van der Waals surface area (Å²) in [6.07, 6.45) is -0.348. The lowest BCUT2D eigenvalue weighted by Crippen LogP contribution is -2.25. The molecular weight excluding hydrogens is 216 g/mol. The van der Waals surface area contributed by atoms with Gasteiger partial charge in [0.05, 0.1) is 0 Å². The van der Waals surface area contributed by atoms with Crippen LogP contribution in [-0.2, 0) is 4.79 Å². The molecular formula is C14H14O3. The first-order valence-electron chi connectivity index (χ1n) is 5.59. The van der Waals surface area contributed by atoms with E-state index in [1.807, 2.05) is 36.4 Å². The van der Waals surface area contributed by atoms with Gasteiger partial charge in [-0.1, -0.05) is 43.3 Å². The molecule has 0 heterocycles. The zero-order valence-electron chi connectivity index (χ0n) is 9.59. The van der Waals surface area contributed by atoms with Crippen LogP contribution >= 0.6 is 0 Å². The Bertz CT molecular complexity index is 528. The molecule has 0 saturated heterocycles. The summed E-state index contributed by atoms with van der Waals surface area (Å²) >= 11 is 0. The van der Waals surface area contributed by atoms with Gasteiger partial charge < -0.3 is 9.84 Å². The number of carbonyl (C=O) groups is 1. The first-order valence-corrected chi connectivity index (χ1v) is 5.59. The molecule has 0 radical (unpaired) electrons. The SMILES string of the molecule is CC[C@H](Oc1cccc2ccccc12)C(=O)O. The maximum Gasteiger partial charge on any atom is 0.344 e. The molecule has 0 aliphatic rings. The highest BCUT2D eigenvalue weighted by Gasteiger charge is 2.17. The van der Waals surface area contributed by atoms with E-state index in [2.05, 4.69) is 0 Å². The maximum absolute atomic E-state index is 10.9. The second-order valence-corrected chi connectivity index (χ2v) is 3.83. The first-order chi connectivity index (χ1) is 8.22. The van der Waals surface area contributed by atoms with Gasteiger partial charge in [-0.25, -0.2) is 4.79 Å². The van der Waals surface area contributed by atoms with Crippen molar-refractivity contribution in [1.29, 1.82) is 0 Å². The number of carboxylic acids is 1. The summed E-state index contributed by atoms with van der Waals surface area (Å²) in [5.74, 6) is -0.308. The standard InChI is InChI=1S/C14H14O3/c1-2-12(14(15)16)17-13-9-5-7-10-6-3-4-8-11(10)13/h3-9,12H,2H2,1H3,(H,15,16)/t12-/m0/s1. The Labute approximate surface area is 99.6 Å². The summed E-state index contributed by atoms with van der Waals surface area (Å²) in [4.78, 5) is 10.9. The lowest BCUT2D eigenvalue weighted by molar-refractivity contribution is -0.145. The molecule has 0 fully saturated rings.